The van der Waals surface area contributed by atoms with Crippen molar-refractivity contribution in [1.29, 1.82) is 0 Å². The van der Waals surface area contributed by atoms with Crippen LogP contribution in [-0.2, 0) is 31.3 Å². The van der Waals surface area contributed by atoms with Crippen LogP contribution in [0.25, 0.3) is 0 Å². The number of imide groups is 1. The zero-order valence-corrected chi connectivity index (χ0v) is 19.7. The number of amides is 3. The number of aliphatic carboxylic acids is 1. The van der Waals surface area contributed by atoms with E-state index in [0.29, 0.717) is 26.9 Å². The number of quaternary nitrogens is 1. The normalized spacial score (nSPS) is 27.3. The number of anilines is 1. The van der Waals surface area contributed by atoms with E-state index in [1.807, 2.05) is 0 Å². The Hall–Kier alpha value is -2.94. The first-order chi connectivity index (χ1) is 16.1. The Bertz CT molecular complexity index is 1270. The molecule has 2 fully saturated rings. The van der Waals surface area contributed by atoms with Gasteiger partial charge in [0.05, 0.1) is 12.2 Å². The first kappa shape index (κ1) is 22.8. The summed E-state index contributed by atoms with van der Waals surface area (Å²) in [6, 6.07) is 9.66. The molecule has 0 bridgehead atoms. The van der Waals surface area contributed by atoms with Crippen molar-refractivity contribution in [2.45, 2.75) is 37.9 Å². The van der Waals surface area contributed by atoms with Crippen LogP contribution in [0.5, 0.6) is 0 Å². The standard InChI is InChI=1S/C24H21Cl2N3O5/c1-11-8-13(25)9-14-20(11)27-23(34)24(14)19-18(16(28-24)6-7-17(30)31)21(32)29(22(19)33)10-12-4-2-3-5-15(12)26/h2-5,8-9,16,18-19,28H,6-7,10H2,1H3,(H,27,34)(H,30,31)/t16-,18-,19+,24-/m1/s1. The third kappa shape index (κ3) is 3.24. The Labute approximate surface area is 205 Å². The van der Waals surface area contributed by atoms with Crippen LogP contribution >= 0.6 is 23.2 Å². The molecule has 3 aliphatic rings. The van der Waals surface area contributed by atoms with Gasteiger partial charge in [0, 0.05) is 28.0 Å². The third-order valence-electron chi connectivity index (χ3n) is 7.20. The van der Waals surface area contributed by atoms with Crippen molar-refractivity contribution in [3.05, 3.63) is 63.1 Å². The number of benzene rings is 2. The molecule has 0 unspecified atom stereocenters. The van der Waals surface area contributed by atoms with Gasteiger partial charge in [0.15, 0.2) is 0 Å². The van der Waals surface area contributed by atoms with E-state index >= 15 is 0 Å². The van der Waals surface area contributed by atoms with Crippen molar-refractivity contribution in [3.63, 3.8) is 0 Å². The Morgan fingerprint density at radius 3 is 2.62 bits per heavy atom. The number of carboxylic acid groups (broad SMARTS) is 1. The Balaban J connectivity index is 1.62. The summed E-state index contributed by atoms with van der Waals surface area (Å²) in [7, 11) is 0. The fraction of sp³-hybridized carbons (Fsp3) is 0.333. The molecule has 0 saturated carbocycles. The summed E-state index contributed by atoms with van der Waals surface area (Å²) in [5, 5.41) is 16.6. The molecule has 3 N–H and O–H groups in total. The van der Waals surface area contributed by atoms with Crippen LogP contribution in [0.4, 0.5) is 5.69 Å². The summed E-state index contributed by atoms with van der Waals surface area (Å²) < 4.78 is 0. The first-order valence-corrected chi connectivity index (χ1v) is 11.7. The van der Waals surface area contributed by atoms with E-state index in [9.17, 15) is 24.3 Å². The van der Waals surface area contributed by atoms with Gasteiger partial charge in [-0.1, -0.05) is 41.4 Å². The Kier molecular flexibility index (Phi) is 5.42. The minimum Gasteiger partial charge on any atom is -0.550 e. The van der Waals surface area contributed by atoms with Crippen molar-refractivity contribution >= 4 is 52.6 Å². The van der Waals surface area contributed by atoms with Crippen LogP contribution in [0.15, 0.2) is 36.4 Å². The number of aryl methyl sites for hydroxylation is 1. The van der Waals surface area contributed by atoms with E-state index in [2.05, 4.69) is 5.32 Å². The average molecular weight is 502 g/mol. The fourth-order valence-electron chi connectivity index (χ4n) is 5.75. The fourth-order valence-corrected chi connectivity index (χ4v) is 6.22. The average Bonchev–Trinajstić information content (AvgIpc) is 3.35. The minimum absolute atomic E-state index is 0.0311. The van der Waals surface area contributed by atoms with Gasteiger partial charge in [0.2, 0.25) is 17.4 Å². The van der Waals surface area contributed by atoms with Gasteiger partial charge in [-0.15, -0.1) is 0 Å². The second-order valence-corrected chi connectivity index (χ2v) is 9.91. The summed E-state index contributed by atoms with van der Waals surface area (Å²) in [5.74, 6) is -4.47. The number of hydrogen-bond donors (Lipinski definition) is 2. The largest absolute Gasteiger partial charge is 0.550 e. The Morgan fingerprint density at radius 1 is 1.18 bits per heavy atom. The predicted molar refractivity (Wildman–Crippen MR) is 120 cm³/mol. The van der Waals surface area contributed by atoms with Gasteiger partial charge in [-0.2, -0.15) is 0 Å². The minimum atomic E-state index is -1.42. The van der Waals surface area contributed by atoms with Crippen LogP contribution in [-0.4, -0.2) is 34.6 Å². The Morgan fingerprint density at radius 2 is 1.91 bits per heavy atom. The summed E-state index contributed by atoms with van der Waals surface area (Å²) in [6.45, 7) is 1.77. The number of fused-ring (bicyclic) bond motifs is 4. The van der Waals surface area contributed by atoms with Crippen molar-refractivity contribution in [3.8, 4) is 0 Å². The maximum atomic E-state index is 13.8. The lowest BCUT2D eigenvalue weighted by Gasteiger charge is -2.26. The number of rotatable bonds is 5. The predicted octanol–water partition coefficient (Wildman–Crippen LogP) is 0.726. The van der Waals surface area contributed by atoms with Gasteiger partial charge in [-0.3, -0.25) is 19.3 Å². The maximum absolute atomic E-state index is 13.8. The molecule has 3 amide bonds. The molecule has 10 heteroatoms. The second-order valence-electron chi connectivity index (χ2n) is 9.07. The zero-order chi connectivity index (χ0) is 24.4. The number of likely N-dealkylation sites (tertiary alicyclic amines) is 1. The molecule has 176 valence electrons. The van der Waals surface area contributed by atoms with Gasteiger partial charge in [0.25, 0.3) is 5.91 Å². The van der Waals surface area contributed by atoms with Crippen molar-refractivity contribution in [2.75, 3.05) is 5.32 Å². The first-order valence-electron chi connectivity index (χ1n) is 10.9. The van der Waals surface area contributed by atoms with Crippen molar-refractivity contribution in [2.24, 2.45) is 11.8 Å². The molecule has 3 aliphatic heterocycles. The summed E-state index contributed by atoms with van der Waals surface area (Å²) in [6.07, 6.45) is -0.220. The molecular formula is C24H21Cl2N3O5. The molecule has 0 aromatic heterocycles. The molecule has 1 spiro atoms. The smallest absolute Gasteiger partial charge is 0.291 e. The van der Waals surface area contributed by atoms with E-state index < -0.39 is 47.1 Å². The molecular weight excluding hydrogens is 481 g/mol. The number of nitrogens with zero attached hydrogens (tertiary/aromatic N) is 1. The second kappa shape index (κ2) is 8.08. The molecule has 34 heavy (non-hydrogen) atoms. The van der Waals surface area contributed by atoms with Gasteiger partial charge < -0.3 is 20.5 Å². The van der Waals surface area contributed by atoms with Crippen LogP contribution < -0.4 is 15.7 Å². The van der Waals surface area contributed by atoms with Crippen molar-refractivity contribution in [1.82, 2.24) is 4.90 Å². The van der Waals surface area contributed by atoms with Crippen molar-refractivity contribution < 1.29 is 29.6 Å². The van der Waals surface area contributed by atoms with E-state index in [0.717, 1.165) is 10.5 Å². The number of halogens is 2. The molecule has 4 atom stereocenters. The lowest BCUT2D eigenvalue weighted by atomic mass is 9.76. The number of carbonyl (C=O) groups excluding carboxylic acids is 4. The quantitative estimate of drug-likeness (QED) is 0.584. The molecule has 2 aromatic carbocycles. The monoisotopic (exact) mass is 501 g/mol. The molecule has 5 rings (SSSR count). The number of nitrogens with two attached hydrogens (primary N) is 1. The van der Waals surface area contributed by atoms with Crippen LogP contribution in [0.1, 0.15) is 29.5 Å². The van der Waals surface area contributed by atoms with E-state index in [4.69, 9.17) is 23.2 Å². The maximum Gasteiger partial charge on any atom is 0.291 e. The highest BCUT2D eigenvalue weighted by molar-refractivity contribution is 6.31. The van der Waals surface area contributed by atoms with Crippen LogP contribution in [0.3, 0.4) is 0 Å². The lowest BCUT2D eigenvalue weighted by molar-refractivity contribution is -0.734. The van der Waals surface area contributed by atoms with E-state index in [1.165, 1.54) is 0 Å². The van der Waals surface area contributed by atoms with E-state index in [1.54, 1.807) is 48.6 Å². The molecule has 0 aliphatic carbocycles. The highest BCUT2D eigenvalue weighted by Crippen LogP contribution is 2.51. The van der Waals surface area contributed by atoms with E-state index in [-0.39, 0.29) is 19.4 Å². The van der Waals surface area contributed by atoms with Gasteiger partial charge in [-0.25, -0.2) is 0 Å². The summed E-state index contributed by atoms with van der Waals surface area (Å²) in [4.78, 5) is 53.2. The highest BCUT2D eigenvalue weighted by Gasteiger charge is 2.74. The molecule has 8 nitrogen and oxygen atoms in total. The van der Waals surface area contributed by atoms with Gasteiger partial charge >= 0.3 is 0 Å². The number of carboxylic acids is 1. The SMILES string of the molecule is Cc1cc(Cl)cc2c1NC(=O)[C@@]21[NH2+][C@H](CCC(=O)[O-])[C@H]2C(=O)N(Cc3ccccc3Cl)C(=O)[C@H]21. The molecule has 2 saturated heterocycles. The van der Waals surface area contributed by atoms with Gasteiger partial charge in [-0.05, 0) is 42.7 Å². The number of carbonyl (C=O) groups is 4. The zero-order valence-electron chi connectivity index (χ0n) is 18.1. The molecule has 2 aromatic rings. The van der Waals surface area contributed by atoms with Crippen LogP contribution in [0.2, 0.25) is 10.0 Å². The lowest BCUT2D eigenvalue weighted by Crippen LogP contribution is -2.99. The topological polar surface area (TPSA) is 123 Å². The summed E-state index contributed by atoms with van der Waals surface area (Å²) in [5.41, 5.74) is 1.02. The van der Waals surface area contributed by atoms with Crippen LogP contribution in [0, 0.1) is 18.8 Å². The molecule has 0 radical (unpaired) electrons. The molecule has 3 heterocycles. The third-order valence-corrected chi connectivity index (χ3v) is 7.79. The van der Waals surface area contributed by atoms with Gasteiger partial charge in [0.1, 0.15) is 17.9 Å². The highest BCUT2D eigenvalue weighted by atomic mass is 35.5. The number of nitrogens with one attached hydrogen (secondary N) is 1. The number of hydrogen-bond acceptors (Lipinski definition) is 5. The summed E-state index contributed by atoms with van der Waals surface area (Å²) >= 11 is 12.6.